The number of hydrogen-bond acceptors (Lipinski definition) is 5. The highest BCUT2D eigenvalue weighted by atomic mass is 35.5. The van der Waals surface area contributed by atoms with E-state index in [9.17, 15) is 9.59 Å². The lowest BCUT2D eigenvalue weighted by molar-refractivity contribution is 0.0954. The van der Waals surface area contributed by atoms with Gasteiger partial charge in [0.1, 0.15) is 0 Å². The number of carbonyl (C=O) groups is 2. The van der Waals surface area contributed by atoms with E-state index < -0.39 is 0 Å². The molecule has 7 nitrogen and oxygen atoms in total. The summed E-state index contributed by atoms with van der Waals surface area (Å²) >= 11 is 6.03. The summed E-state index contributed by atoms with van der Waals surface area (Å²) in [6.07, 6.45) is 1.51. The molecule has 30 heavy (non-hydrogen) atoms. The maximum absolute atomic E-state index is 12.3. The van der Waals surface area contributed by atoms with Gasteiger partial charge in [-0.3, -0.25) is 9.59 Å². The molecule has 0 saturated heterocycles. The Morgan fingerprint density at radius 3 is 2.50 bits per heavy atom. The number of nitrogens with zero attached hydrogens (tertiary/aromatic N) is 1. The van der Waals surface area contributed by atoms with Gasteiger partial charge >= 0.3 is 0 Å². The number of ether oxygens (including phenoxy) is 2. The average Bonchev–Trinajstić information content (AvgIpc) is 3.22. The van der Waals surface area contributed by atoms with Crippen LogP contribution in [0.25, 0.3) is 0 Å². The van der Waals surface area contributed by atoms with Crippen LogP contribution in [0.15, 0.2) is 71.8 Å². The van der Waals surface area contributed by atoms with Crippen molar-refractivity contribution in [2.45, 2.75) is 0 Å². The van der Waals surface area contributed by atoms with Crippen molar-refractivity contribution < 1.29 is 19.1 Å². The molecule has 0 saturated carbocycles. The van der Waals surface area contributed by atoms with E-state index in [1.807, 2.05) is 0 Å². The van der Waals surface area contributed by atoms with Crippen molar-refractivity contribution in [1.82, 2.24) is 5.43 Å². The Balaban J connectivity index is 1.35. The minimum absolute atomic E-state index is 0.196. The minimum atomic E-state index is -0.379. The fraction of sp³-hybridized carbons (Fsp3) is 0.0455. The second-order valence-corrected chi connectivity index (χ2v) is 6.73. The number of hydrogen-bond donors (Lipinski definition) is 2. The second-order valence-electron chi connectivity index (χ2n) is 6.32. The monoisotopic (exact) mass is 421 g/mol. The van der Waals surface area contributed by atoms with E-state index in [4.69, 9.17) is 21.1 Å². The Bertz CT molecular complexity index is 1130. The summed E-state index contributed by atoms with van der Waals surface area (Å²) in [5, 5.41) is 7.07. The number of benzene rings is 3. The Kier molecular flexibility index (Phi) is 5.63. The summed E-state index contributed by atoms with van der Waals surface area (Å²) in [7, 11) is 0. The highest BCUT2D eigenvalue weighted by molar-refractivity contribution is 6.34. The molecule has 2 amide bonds. The summed E-state index contributed by atoms with van der Waals surface area (Å²) in [4.78, 5) is 24.5. The lowest BCUT2D eigenvalue weighted by Gasteiger charge is -2.07. The van der Waals surface area contributed by atoms with Gasteiger partial charge in [0.05, 0.1) is 16.8 Å². The number of hydrazone groups is 1. The molecule has 1 heterocycles. The first kappa shape index (κ1) is 19.5. The van der Waals surface area contributed by atoms with Crippen molar-refractivity contribution in [3.05, 3.63) is 88.4 Å². The lowest BCUT2D eigenvalue weighted by atomic mass is 10.1. The zero-order valence-electron chi connectivity index (χ0n) is 15.6. The van der Waals surface area contributed by atoms with Crippen LogP contribution in [-0.2, 0) is 0 Å². The summed E-state index contributed by atoms with van der Waals surface area (Å²) in [6, 6.07) is 18.6. The van der Waals surface area contributed by atoms with Gasteiger partial charge in [0.2, 0.25) is 6.79 Å². The molecule has 0 aliphatic carbocycles. The molecule has 150 valence electrons. The molecular weight excluding hydrogens is 406 g/mol. The third-order valence-corrected chi connectivity index (χ3v) is 4.63. The predicted molar refractivity (Wildman–Crippen MR) is 113 cm³/mol. The van der Waals surface area contributed by atoms with Crippen molar-refractivity contribution in [3.63, 3.8) is 0 Å². The van der Waals surface area contributed by atoms with Gasteiger partial charge < -0.3 is 14.8 Å². The van der Waals surface area contributed by atoms with E-state index in [-0.39, 0.29) is 18.6 Å². The molecule has 8 heteroatoms. The fourth-order valence-corrected chi connectivity index (χ4v) is 2.99. The molecule has 0 radical (unpaired) electrons. The molecule has 3 aromatic rings. The van der Waals surface area contributed by atoms with Crippen molar-refractivity contribution >= 4 is 35.3 Å². The molecule has 3 aromatic carbocycles. The van der Waals surface area contributed by atoms with Crippen molar-refractivity contribution in [2.75, 3.05) is 12.1 Å². The normalized spacial score (nSPS) is 12.0. The van der Waals surface area contributed by atoms with Crippen LogP contribution in [0.1, 0.15) is 26.3 Å². The first-order valence-electron chi connectivity index (χ1n) is 8.99. The number of amides is 2. The number of halogens is 1. The smallest absolute Gasteiger partial charge is 0.271 e. The van der Waals surface area contributed by atoms with Crippen LogP contribution in [0.3, 0.4) is 0 Å². The second kappa shape index (κ2) is 8.67. The summed E-state index contributed by atoms with van der Waals surface area (Å²) in [5.74, 6) is 0.611. The van der Waals surface area contributed by atoms with Crippen LogP contribution in [0.5, 0.6) is 11.5 Å². The first-order chi connectivity index (χ1) is 14.6. The quantitative estimate of drug-likeness (QED) is 0.479. The van der Waals surface area contributed by atoms with Gasteiger partial charge in [-0.1, -0.05) is 23.7 Å². The summed E-state index contributed by atoms with van der Waals surface area (Å²) in [6.45, 7) is 0.196. The van der Waals surface area contributed by atoms with Gasteiger partial charge in [0.25, 0.3) is 11.8 Å². The largest absolute Gasteiger partial charge is 0.454 e. The highest BCUT2D eigenvalue weighted by Crippen LogP contribution is 2.31. The SMILES string of the molecule is O=C(N/N=C\c1ccc2c(c1)OCO2)c1ccc(NC(=O)c2ccccc2Cl)cc1. The van der Waals surface area contributed by atoms with Crippen LogP contribution in [0.4, 0.5) is 5.69 Å². The fourth-order valence-electron chi connectivity index (χ4n) is 2.77. The number of anilines is 1. The molecule has 0 atom stereocenters. The standard InChI is InChI=1S/C22H16ClN3O4/c23-18-4-2-1-3-17(18)22(28)25-16-8-6-15(7-9-16)21(27)26-24-12-14-5-10-19-20(11-14)30-13-29-19/h1-12H,13H2,(H,25,28)(H,26,27)/b24-12-. The molecule has 2 N–H and O–H groups in total. The van der Waals surface area contributed by atoms with Crippen molar-refractivity contribution in [1.29, 1.82) is 0 Å². The Labute approximate surface area is 177 Å². The van der Waals surface area contributed by atoms with E-state index >= 15 is 0 Å². The van der Waals surface area contributed by atoms with Gasteiger partial charge in [-0.05, 0) is 60.2 Å². The third-order valence-electron chi connectivity index (χ3n) is 4.30. The Morgan fingerprint density at radius 1 is 0.933 bits per heavy atom. The molecule has 0 bridgehead atoms. The van der Waals surface area contributed by atoms with Crippen molar-refractivity contribution in [3.8, 4) is 11.5 Å². The van der Waals surface area contributed by atoms with Gasteiger partial charge in [-0.25, -0.2) is 5.43 Å². The molecule has 4 rings (SSSR count). The number of fused-ring (bicyclic) bond motifs is 1. The van der Waals surface area contributed by atoms with E-state index in [1.165, 1.54) is 6.21 Å². The van der Waals surface area contributed by atoms with E-state index in [2.05, 4.69) is 15.8 Å². The highest BCUT2D eigenvalue weighted by Gasteiger charge is 2.13. The summed E-state index contributed by atoms with van der Waals surface area (Å²) in [5.41, 5.74) is 4.54. The molecule has 1 aliphatic rings. The van der Waals surface area contributed by atoms with Crippen LogP contribution in [-0.4, -0.2) is 24.8 Å². The topological polar surface area (TPSA) is 89.0 Å². The van der Waals surface area contributed by atoms with Crippen molar-refractivity contribution in [2.24, 2.45) is 5.10 Å². The van der Waals surface area contributed by atoms with E-state index in [1.54, 1.807) is 66.7 Å². The first-order valence-corrected chi connectivity index (χ1v) is 9.37. The van der Waals surface area contributed by atoms with Gasteiger partial charge in [-0.2, -0.15) is 5.10 Å². The van der Waals surface area contributed by atoms with Crippen LogP contribution in [0.2, 0.25) is 5.02 Å². The van der Waals surface area contributed by atoms with E-state index in [0.29, 0.717) is 33.3 Å². The molecule has 0 spiro atoms. The number of nitrogens with one attached hydrogen (secondary N) is 2. The number of rotatable bonds is 5. The lowest BCUT2D eigenvalue weighted by Crippen LogP contribution is -2.18. The number of carbonyl (C=O) groups excluding carboxylic acids is 2. The molecule has 0 fully saturated rings. The Hall–Kier alpha value is -3.84. The van der Waals surface area contributed by atoms with Gasteiger partial charge in [0, 0.05) is 11.3 Å². The van der Waals surface area contributed by atoms with Crippen LogP contribution < -0.4 is 20.2 Å². The third kappa shape index (κ3) is 4.42. The van der Waals surface area contributed by atoms with E-state index in [0.717, 1.165) is 5.56 Å². The zero-order chi connectivity index (χ0) is 20.9. The predicted octanol–water partition coefficient (Wildman–Crippen LogP) is 4.08. The Morgan fingerprint density at radius 2 is 1.70 bits per heavy atom. The maximum Gasteiger partial charge on any atom is 0.271 e. The van der Waals surface area contributed by atoms with Crippen LogP contribution in [0, 0.1) is 0 Å². The minimum Gasteiger partial charge on any atom is -0.454 e. The van der Waals surface area contributed by atoms with Gasteiger partial charge in [-0.15, -0.1) is 0 Å². The average molecular weight is 422 g/mol. The molecule has 1 aliphatic heterocycles. The zero-order valence-corrected chi connectivity index (χ0v) is 16.3. The summed E-state index contributed by atoms with van der Waals surface area (Å²) < 4.78 is 10.5. The molecular formula is C22H16ClN3O4. The van der Waals surface area contributed by atoms with Crippen LogP contribution >= 0.6 is 11.6 Å². The molecule has 0 aromatic heterocycles. The van der Waals surface area contributed by atoms with Gasteiger partial charge in [0.15, 0.2) is 11.5 Å². The molecule has 0 unspecified atom stereocenters. The maximum atomic E-state index is 12.3.